The molecule has 1 atom stereocenters. The highest BCUT2D eigenvalue weighted by Crippen LogP contribution is 2.50. The molecule has 2 aromatic rings. The van der Waals surface area contributed by atoms with Gasteiger partial charge in [0.1, 0.15) is 0 Å². The maximum Gasteiger partial charge on any atom is 0.203 e. The summed E-state index contributed by atoms with van der Waals surface area (Å²) >= 11 is 6.90. The van der Waals surface area contributed by atoms with Crippen LogP contribution in [0.1, 0.15) is 23.6 Å². The van der Waals surface area contributed by atoms with Crippen LogP contribution in [0.5, 0.6) is 17.2 Å². The van der Waals surface area contributed by atoms with Gasteiger partial charge in [0.05, 0.1) is 32.3 Å². The van der Waals surface area contributed by atoms with Crippen LogP contribution >= 0.6 is 24.0 Å². The predicted molar refractivity (Wildman–Crippen MR) is 135 cm³/mol. The molecule has 1 aliphatic rings. The maximum absolute atomic E-state index is 12.9. The van der Waals surface area contributed by atoms with E-state index in [0.29, 0.717) is 33.8 Å². The average molecular weight is 473 g/mol. The minimum Gasteiger partial charge on any atom is -0.493 e. The first kappa shape index (κ1) is 23.9. The Morgan fingerprint density at radius 3 is 2.59 bits per heavy atom. The van der Waals surface area contributed by atoms with E-state index in [4.69, 9.17) is 26.4 Å². The fourth-order valence-corrected chi connectivity index (χ4v) is 4.68. The van der Waals surface area contributed by atoms with Crippen molar-refractivity contribution in [2.45, 2.75) is 23.8 Å². The highest BCUT2D eigenvalue weighted by atomic mass is 32.2. The first-order valence-electron chi connectivity index (χ1n) is 10.2. The number of fused-ring (bicyclic) bond motifs is 3. The SMILES string of the molecule is C=CCNC(=S)NC1CCc2cc(OC)c(OC)c(OC)c2-c2ccc(SC)c(=O)cc21. The van der Waals surface area contributed by atoms with Crippen LogP contribution in [0.4, 0.5) is 0 Å². The van der Waals surface area contributed by atoms with Gasteiger partial charge in [-0.25, -0.2) is 0 Å². The molecule has 2 aromatic carbocycles. The van der Waals surface area contributed by atoms with Gasteiger partial charge >= 0.3 is 0 Å². The van der Waals surface area contributed by atoms with E-state index in [1.165, 1.54) is 11.8 Å². The molecule has 0 heterocycles. The number of thioether (sulfide) groups is 1. The van der Waals surface area contributed by atoms with E-state index in [-0.39, 0.29) is 11.5 Å². The Morgan fingerprint density at radius 1 is 1.22 bits per heavy atom. The zero-order valence-corrected chi connectivity index (χ0v) is 20.4. The van der Waals surface area contributed by atoms with Gasteiger partial charge in [0.25, 0.3) is 0 Å². The van der Waals surface area contributed by atoms with Crippen molar-refractivity contribution in [1.82, 2.24) is 10.6 Å². The van der Waals surface area contributed by atoms with Crippen molar-refractivity contribution in [1.29, 1.82) is 0 Å². The van der Waals surface area contributed by atoms with Crippen LogP contribution in [-0.4, -0.2) is 39.2 Å². The van der Waals surface area contributed by atoms with Crippen LogP contribution in [0.15, 0.2) is 46.6 Å². The number of rotatable bonds is 7. The number of nitrogens with one attached hydrogen (secondary N) is 2. The lowest BCUT2D eigenvalue weighted by atomic mass is 9.95. The number of aryl methyl sites for hydroxylation is 1. The third-order valence-electron chi connectivity index (χ3n) is 5.43. The number of hydrogen-bond donors (Lipinski definition) is 2. The molecule has 1 aliphatic carbocycles. The van der Waals surface area contributed by atoms with Crippen molar-refractivity contribution in [2.24, 2.45) is 0 Å². The second kappa shape index (κ2) is 10.7. The Bertz CT molecular complexity index is 1090. The van der Waals surface area contributed by atoms with Crippen LogP contribution < -0.4 is 30.3 Å². The summed E-state index contributed by atoms with van der Waals surface area (Å²) < 4.78 is 17.0. The van der Waals surface area contributed by atoms with Gasteiger partial charge in [-0.1, -0.05) is 12.1 Å². The van der Waals surface area contributed by atoms with Gasteiger partial charge < -0.3 is 24.8 Å². The first-order chi connectivity index (χ1) is 15.5. The topological polar surface area (TPSA) is 68.8 Å². The lowest BCUT2D eigenvalue weighted by Gasteiger charge is -2.21. The molecule has 0 aliphatic heterocycles. The monoisotopic (exact) mass is 472 g/mol. The second-order valence-electron chi connectivity index (χ2n) is 7.19. The summed E-state index contributed by atoms with van der Waals surface area (Å²) in [5.74, 6) is 1.71. The van der Waals surface area contributed by atoms with Crippen molar-refractivity contribution in [2.75, 3.05) is 34.1 Å². The molecule has 32 heavy (non-hydrogen) atoms. The normalized spacial score (nSPS) is 14.3. The zero-order valence-electron chi connectivity index (χ0n) is 18.7. The minimum atomic E-state index is -0.168. The highest BCUT2D eigenvalue weighted by molar-refractivity contribution is 7.98. The Labute approximate surface area is 198 Å². The van der Waals surface area contributed by atoms with Crippen LogP contribution in [0.2, 0.25) is 0 Å². The Balaban J connectivity index is 2.29. The van der Waals surface area contributed by atoms with Crippen molar-refractivity contribution >= 4 is 29.1 Å². The van der Waals surface area contributed by atoms with Crippen molar-refractivity contribution < 1.29 is 14.2 Å². The highest BCUT2D eigenvalue weighted by Gasteiger charge is 2.29. The molecule has 0 spiro atoms. The summed E-state index contributed by atoms with van der Waals surface area (Å²) in [5, 5.41) is 7.00. The van der Waals surface area contributed by atoms with Crippen molar-refractivity contribution in [3.8, 4) is 28.4 Å². The molecule has 0 bridgehead atoms. The van der Waals surface area contributed by atoms with Gasteiger partial charge in [-0.15, -0.1) is 18.3 Å². The zero-order chi connectivity index (χ0) is 23.3. The third-order valence-corrected chi connectivity index (χ3v) is 6.47. The fraction of sp³-hybridized carbons (Fsp3) is 0.333. The van der Waals surface area contributed by atoms with E-state index >= 15 is 0 Å². The molecular formula is C24H28N2O4S2. The lowest BCUT2D eigenvalue weighted by Crippen LogP contribution is -2.38. The maximum atomic E-state index is 12.9. The summed E-state index contributed by atoms with van der Waals surface area (Å²) in [6, 6.07) is 7.37. The molecule has 0 amide bonds. The summed E-state index contributed by atoms with van der Waals surface area (Å²) in [5.41, 5.74) is 3.69. The number of ether oxygens (including phenoxy) is 3. The van der Waals surface area contributed by atoms with E-state index in [1.807, 2.05) is 24.5 Å². The Hall–Kier alpha value is -2.71. The molecule has 8 heteroatoms. The minimum absolute atomic E-state index is 0.0292. The van der Waals surface area contributed by atoms with Gasteiger partial charge in [-0.2, -0.15) is 0 Å². The van der Waals surface area contributed by atoms with Gasteiger partial charge in [0.15, 0.2) is 22.0 Å². The van der Waals surface area contributed by atoms with E-state index in [0.717, 1.165) is 35.1 Å². The molecule has 1 unspecified atom stereocenters. The van der Waals surface area contributed by atoms with E-state index in [2.05, 4.69) is 17.2 Å². The first-order valence-corrected chi connectivity index (χ1v) is 11.8. The van der Waals surface area contributed by atoms with Gasteiger partial charge in [-0.05, 0) is 66.2 Å². The van der Waals surface area contributed by atoms with E-state index < -0.39 is 0 Å². The molecule has 0 saturated carbocycles. The summed E-state index contributed by atoms with van der Waals surface area (Å²) in [4.78, 5) is 13.6. The van der Waals surface area contributed by atoms with Crippen LogP contribution in [0.3, 0.4) is 0 Å². The number of thiocarbonyl (C=S) groups is 1. The molecule has 6 nitrogen and oxygen atoms in total. The van der Waals surface area contributed by atoms with Crippen LogP contribution in [0.25, 0.3) is 11.1 Å². The third kappa shape index (κ3) is 4.71. The summed E-state index contributed by atoms with van der Waals surface area (Å²) in [6.07, 6.45) is 5.10. The Kier molecular flexibility index (Phi) is 8.04. The summed E-state index contributed by atoms with van der Waals surface area (Å²) in [6.45, 7) is 4.27. The largest absolute Gasteiger partial charge is 0.493 e. The molecule has 3 rings (SSSR count). The second-order valence-corrected chi connectivity index (χ2v) is 8.45. The molecule has 0 radical (unpaired) electrons. The molecule has 0 aromatic heterocycles. The van der Waals surface area contributed by atoms with Crippen LogP contribution in [-0.2, 0) is 6.42 Å². The molecule has 170 valence electrons. The number of hydrogen-bond acceptors (Lipinski definition) is 6. The van der Waals surface area contributed by atoms with Gasteiger partial charge in [0.2, 0.25) is 5.75 Å². The Morgan fingerprint density at radius 2 is 1.97 bits per heavy atom. The molecule has 0 saturated heterocycles. The molecular weight excluding hydrogens is 444 g/mol. The predicted octanol–water partition coefficient (Wildman–Crippen LogP) is 4.10. The fourth-order valence-electron chi connectivity index (χ4n) is 3.99. The van der Waals surface area contributed by atoms with Gasteiger partial charge in [-0.3, -0.25) is 4.79 Å². The van der Waals surface area contributed by atoms with Gasteiger partial charge in [0, 0.05) is 12.1 Å². The van der Waals surface area contributed by atoms with Crippen molar-refractivity contribution in [3.05, 3.63) is 58.3 Å². The van der Waals surface area contributed by atoms with Crippen LogP contribution in [0, 0.1) is 0 Å². The lowest BCUT2D eigenvalue weighted by molar-refractivity contribution is 0.324. The standard InChI is InChI=1S/C24H28N2O4S2/c1-6-11-25-24(31)26-17-9-7-14-12-19(28-2)22(29-3)23(30-4)21(14)15-8-10-20(32-5)18(27)13-16(15)17/h6,8,10,12-13,17H,1,7,9,11H2,2-5H3,(H2,25,26,31). The number of methoxy groups -OCH3 is 3. The number of benzene rings is 1. The molecule has 0 fully saturated rings. The smallest absolute Gasteiger partial charge is 0.203 e. The summed E-state index contributed by atoms with van der Waals surface area (Å²) in [7, 11) is 4.81. The average Bonchev–Trinajstić information content (AvgIpc) is 3.04. The quantitative estimate of drug-likeness (QED) is 0.355. The van der Waals surface area contributed by atoms with Crippen molar-refractivity contribution in [3.63, 3.8) is 0 Å². The molecule has 2 N–H and O–H groups in total. The van der Waals surface area contributed by atoms with E-state index in [1.54, 1.807) is 33.5 Å². The van der Waals surface area contributed by atoms with E-state index in [9.17, 15) is 4.79 Å².